The zero-order chi connectivity index (χ0) is 31.2. The number of pyridine rings is 2. The molecule has 12 heteroatoms. The van der Waals surface area contributed by atoms with E-state index in [0.29, 0.717) is 46.2 Å². The van der Waals surface area contributed by atoms with Gasteiger partial charge in [0.25, 0.3) is 11.8 Å². The second kappa shape index (κ2) is 10.9. The molecule has 0 saturated heterocycles. The van der Waals surface area contributed by atoms with Gasteiger partial charge in [-0.05, 0) is 84.6 Å². The Morgan fingerprint density at radius 3 is 2.67 bits per heavy atom. The Morgan fingerprint density at radius 1 is 1.02 bits per heavy atom. The van der Waals surface area contributed by atoms with Crippen LogP contribution in [0.4, 0.5) is 5.82 Å². The average molecular weight is 600 g/mol. The van der Waals surface area contributed by atoms with E-state index >= 15 is 0 Å². The highest BCUT2D eigenvalue weighted by atomic mass is 16.3. The van der Waals surface area contributed by atoms with Crippen LogP contribution in [0.2, 0.25) is 0 Å². The summed E-state index contributed by atoms with van der Waals surface area (Å²) in [7, 11) is 3.18. The van der Waals surface area contributed by atoms with E-state index < -0.39 is 0 Å². The number of aromatic nitrogens is 6. The Balaban J connectivity index is 1.25. The third-order valence-electron chi connectivity index (χ3n) is 7.97. The molecule has 2 aromatic carbocycles. The number of nitrogen functional groups attached to an aromatic ring is 1. The van der Waals surface area contributed by atoms with Crippen LogP contribution in [0.15, 0.2) is 85.3 Å². The predicted octanol–water partition coefficient (Wildman–Crippen LogP) is 4.08. The minimum absolute atomic E-state index is 0.0750. The molecule has 224 valence electrons. The fourth-order valence-corrected chi connectivity index (χ4v) is 5.74. The number of imidazole rings is 1. The second-order valence-corrected chi connectivity index (χ2v) is 11.0. The number of benzene rings is 2. The van der Waals surface area contributed by atoms with Gasteiger partial charge in [0.05, 0.1) is 17.2 Å². The van der Waals surface area contributed by atoms with Crippen LogP contribution in [0.1, 0.15) is 44.3 Å². The molecule has 45 heavy (non-hydrogen) atoms. The first-order valence-corrected chi connectivity index (χ1v) is 14.4. The van der Waals surface area contributed by atoms with Gasteiger partial charge in [0.1, 0.15) is 17.1 Å². The summed E-state index contributed by atoms with van der Waals surface area (Å²) < 4.78 is 3.67. The van der Waals surface area contributed by atoms with Crippen LogP contribution in [0.5, 0.6) is 5.75 Å². The number of aryl methyl sites for hydroxylation is 1. The fraction of sp³-hybridized carbons (Fsp3) is 0.152. The van der Waals surface area contributed by atoms with Crippen molar-refractivity contribution in [2.75, 3.05) is 19.8 Å². The number of carbonyl (C=O) groups is 2. The first-order valence-electron chi connectivity index (χ1n) is 14.4. The van der Waals surface area contributed by atoms with Crippen LogP contribution in [0, 0.1) is 0 Å². The molecule has 1 aliphatic carbocycles. The van der Waals surface area contributed by atoms with Crippen molar-refractivity contribution >= 4 is 28.8 Å². The summed E-state index contributed by atoms with van der Waals surface area (Å²) in [5.41, 5.74) is 11.6. The highest BCUT2D eigenvalue weighted by Gasteiger charge is 2.27. The molecular weight excluding hydrogens is 570 g/mol. The molecular formula is C33H29N9O3. The number of nitrogens with two attached hydrogens (primary N) is 1. The Morgan fingerprint density at radius 2 is 1.89 bits per heavy atom. The smallest absolute Gasteiger partial charge is 0.257 e. The van der Waals surface area contributed by atoms with Gasteiger partial charge in [-0.3, -0.25) is 14.2 Å². The summed E-state index contributed by atoms with van der Waals surface area (Å²) in [6, 6.07) is 19.5. The van der Waals surface area contributed by atoms with E-state index in [9.17, 15) is 14.7 Å². The van der Waals surface area contributed by atoms with Crippen molar-refractivity contribution < 1.29 is 14.7 Å². The van der Waals surface area contributed by atoms with E-state index in [1.165, 1.54) is 23.1 Å². The lowest BCUT2D eigenvalue weighted by Crippen LogP contribution is -2.28. The first-order chi connectivity index (χ1) is 21.8. The van der Waals surface area contributed by atoms with Crippen LogP contribution in [-0.2, 0) is 6.42 Å². The van der Waals surface area contributed by atoms with Crippen LogP contribution >= 0.6 is 0 Å². The molecule has 4 heterocycles. The largest absolute Gasteiger partial charge is 0.507 e. The number of rotatable bonds is 6. The molecule has 0 aliphatic heterocycles. The lowest BCUT2D eigenvalue weighted by atomic mass is 10.0. The summed E-state index contributed by atoms with van der Waals surface area (Å²) in [6.45, 7) is 0. The van der Waals surface area contributed by atoms with Crippen molar-refractivity contribution in [1.82, 2.24) is 39.5 Å². The lowest BCUT2D eigenvalue weighted by Gasteiger charge is -2.17. The van der Waals surface area contributed by atoms with E-state index in [0.717, 1.165) is 23.2 Å². The zero-order valence-electron chi connectivity index (χ0n) is 24.5. The highest BCUT2D eigenvalue weighted by Crippen LogP contribution is 2.36. The maximum absolute atomic E-state index is 13.3. The predicted molar refractivity (Wildman–Crippen MR) is 168 cm³/mol. The van der Waals surface area contributed by atoms with Crippen LogP contribution in [0.25, 0.3) is 34.1 Å². The van der Waals surface area contributed by atoms with Crippen molar-refractivity contribution in [2.45, 2.75) is 18.9 Å². The molecule has 4 aromatic heterocycles. The van der Waals surface area contributed by atoms with Crippen LogP contribution < -0.4 is 11.1 Å². The van der Waals surface area contributed by atoms with Crippen LogP contribution in [0.3, 0.4) is 0 Å². The number of hydrogen-bond donors (Lipinski definition) is 3. The van der Waals surface area contributed by atoms with Crippen molar-refractivity contribution in [3.63, 3.8) is 0 Å². The summed E-state index contributed by atoms with van der Waals surface area (Å²) >= 11 is 0. The topological polar surface area (TPSA) is 157 Å². The van der Waals surface area contributed by atoms with E-state index in [2.05, 4.69) is 21.5 Å². The van der Waals surface area contributed by atoms with E-state index in [1.54, 1.807) is 31.2 Å². The van der Waals surface area contributed by atoms with Gasteiger partial charge in [0.2, 0.25) is 0 Å². The molecule has 7 rings (SSSR count). The zero-order valence-corrected chi connectivity index (χ0v) is 24.5. The molecule has 12 nitrogen and oxygen atoms in total. The molecule has 0 saturated carbocycles. The van der Waals surface area contributed by atoms with Crippen molar-refractivity contribution in [3.8, 4) is 28.6 Å². The third-order valence-corrected chi connectivity index (χ3v) is 7.97. The Kier molecular flexibility index (Phi) is 6.73. The number of aromatic hydroxyl groups is 1. The van der Waals surface area contributed by atoms with Crippen molar-refractivity contribution in [1.29, 1.82) is 0 Å². The minimum atomic E-state index is -0.383. The minimum Gasteiger partial charge on any atom is -0.507 e. The number of hydrogen-bond acceptors (Lipinski definition) is 8. The van der Waals surface area contributed by atoms with Crippen LogP contribution in [-0.4, -0.2) is 65.2 Å². The lowest BCUT2D eigenvalue weighted by molar-refractivity contribution is 0.0824. The number of anilines is 1. The molecule has 4 N–H and O–H groups in total. The molecule has 0 spiro atoms. The average Bonchev–Trinajstić information content (AvgIpc) is 3.80. The fourth-order valence-electron chi connectivity index (χ4n) is 5.74. The molecule has 6 aromatic rings. The molecule has 0 fully saturated rings. The van der Waals surface area contributed by atoms with E-state index in [1.807, 2.05) is 53.2 Å². The molecule has 1 aliphatic rings. The third kappa shape index (κ3) is 4.91. The van der Waals surface area contributed by atoms with Gasteiger partial charge < -0.3 is 21.1 Å². The second-order valence-electron chi connectivity index (χ2n) is 11.0. The van der Waals surface area contributed by atoms with E-state index in [4.69, 9.17) is 15.7 Å². The SMILES string of the molecule is CN(C)C(=O)c1cc(C(=O)N[C@H]2CCc3cc(-n4c(-c5cccnc5N)nc5ccc(-n6cccn6)nc54)ccc32)ccc1O. The Bertz CT molecular complexity index is 2100. The normalized spacial score (nSPS) is 14.0. The van der Waals surface area contributed by atoms with Crippen molar-refractivity contribution in [2.24, 2.45) is 0 Å². The Hall–Kier alpha value is -6.04. The maximum Gasteiger partial charge on any atom is 0.257 e. The number of fused-ring (bicyclic) bond motifs is 2. The summed E-state index contributed by atoms with van der Waals surface area (Å²) in [6.07, 6.45) is 6.63. The summed E-state index contributed by atoms with van der Waals surface area (Å²) in [4.78, 5) is 41.2. The molecule has 1 atom stereocenters. The van der Waals surface area contributed by atoms with Gasteiger partial charge in [-0.1, -0.05) is 6.07 Å². The maximum atomic E-state index is 13.3. The van der Waals surface area contributed by atoms with Gasteiger partial charge in [0.15, 0.2) is 17.3 Å². The molecule has 0 radical (unpaired) electrons. The summed E-state index contributed by atoms with van der Waals surface area (Å²) in [5.74, 6) is 0.734. The first kappa shape index (κ1) is 27.8. The number of carbonyl (C=O) groups excluding carboxylic acids is 2. The number of nitrogens with one attached hydrogen (secondary N) is 1. The quantitative estimate of drug-likeness (QED) is 0.259. The number of nitrogens with zero attached hydrogens (tertiary/aromatic N) is 7. The van der Waals surface area contributed by atoms with Gasteiger partial charge >= 0.3 is 0 Å². The molecule has 2 amide bonds. The molecule has 0 unspecified atom stereocenters. The van der Waals surface area contributed by atoms with Gasteiger partial charge in [-0.2, -0.15) is 5.10 Å². The standard InChI is InChI=1S/C33H29N9O3/c1-40(2)33(45)24-18-20(7-12-27(24)43)32(44)38-25-10-6-19-17-21(8-9-22(19)25)42-30(23-5-3-14-35-29(23)34)37-26-11-13-28(39-31(26)42)41-16-4-15-36-41/h3-5,7-9,11-18,25,43H,6,10H2,1-2H3,(H2,34,35)(H,38,44)/t25-/m0/s1. The number of phenols is 1. The number of phenolic OH excluding ortho intramolecular Hbond substituents is 1. The van der Waals surface area contributed by atoms with Gasteiger partial charge in [0, 0.05) is 43.9 Å². The van der Waals surface area contributed by atoms with E-state index in [-0.39, 0.29) is 29.2 Å². The summed E-state index contributed by atoms with van der Waals surface area (Å²) in [5, 5.41) is 17.6. The number of amides is 2. The monoisotopic (exact) mass is 599 g/mol. The van der Waals surface area contributed by atoms with Gasteiger partial charge in [-0.25, -0.2) is 19.6 Å². The van der Waals surface area contributed by atoms with Crippen molar-refractivity contribution in [3.05, 3.63) is 108 Å². The van der Waals surface area contributed by atoms with Gasteiger partial charge in [-0.15, -0.1) is 0 Å². The molecule has 0 bridgehead atoms. The highest BCUT2D eigenvalue weighted by molar-refractivity contribution is 6.01. The Labute approximate surface area is 257 Å².